The van der Waals surface area contributed by atoms with Gasteiger partial charge in [-0.2, -0.15) is 13.2 Å². The Kier molecular flexibility index (Phi) is 8.18. The number of hydrogen-bond donors (Lipinski definition) is 1. The van der Waals surface area contributed by atoms with Crippen LogP contribution in [0.2, 0.25) is 0 Å². The second-order valence-electron chi connectivity index (χ2n) is 9.91. The first-order chi connectivity index (χ1) is 16.4. The molecule has 1 fully saturated rings. The average Bonchev–Trinajstić information content (AvgIpc) is 2.82. The fourth-order valence-electron chi connectivity index (χ4n) is 4.89. The predicted molar refractivity (Wildman–Crippen MR) is 131 cm³/mol. The van der Waals surface area contributed by atoms with E-state index in [9.17, 15) is 18.0 Å². The lowest BCUT2D eigenvalue weighted by molar-refractivity contribution is -0.152. The molecule has 2 aromatic rings. The van der Waals surface area contributed by atoms with E-state index in [4.69, 9.17) is 9.47 Å². The Morgan fingerprint density at radius 2 is 1.63 bits per heavy atom. The Labute approximate surface area is 205 Å². The van der Waals surface area contributed by atoms with Gasteiger partial charge in [0.25, 0.3) is 0 Å². The van der Waals surface area contributed by atoms with Crippen LogP contribution < -0.4 is 10.1 Å². The van der Waals surface area contributed by atoms with Crippen LogP contribution in [0.15, 0.2) is 65.9 Å². The van der Waals surface area contributed by atoms with Gasteiger partial charge in [-0.15, -0.1) is 0 Å². The van der Waals surface area contributed by atoms with Gasteiger partial charge in [-0.25, -0.2) is 4.79 Å². The molecular weight excluding hydrogens is 455 g/mol. The van der Waals surface area contributed by atoms with Crippen LogP contribution in [-0.2, 0) is 14.9 Å². The van der Waals surface area contributed by atoms with Crippen LogP contribution in [0.3, 0.4) is 0 Å². The number of anilines is 1. The second kappa shape index (κ2) is 10.8. The molecule has 4 nitrogen and oxygen atoms in total. The lowest BCUT2D eigenvalue weighted by Gasteiger charge is -2.44. The van der Waals surface area contributed by atoms with Gasteiger partial charge in [0.1, 0.15) is 17.6 Å². The van der Waals surface area contributed by atoms with Crippen molar-refractivity contribution in [2.45, 2.75) is 64.7 Å². The van der Waals surface area contributed by atoms with E-state index in [0.717, 1.165) is 25.3 Å². The van der Waals surface area contributed by atoms with E-state index < -0.39 is 29.5 Å². The molecule has 1 aliphatic rings. The summed E-state index contributed by atoms with van der Waals surface area (Å²) in [5, 5.41) is 2.36. The summed E-state index contributed by atoms with van der Waals surface area (Å²) in [6, 6.07) is 16.0. The number of benzene rings is 2. The van der Waals surface area contributed by atoms with Gasteiger partial charge in [-0.1, -0.05) is 57.5 Å². The fraction of sp³-hybridized carbons (Fsp3) is 0.464. The first-order valence-electron chi connectivity index (χ1n) is 11.9. The van der Waals surface area contributed by atoms with Gasteiger partial charge in [-0.3, -0.25) is 0 Å². The quantitative estimate of drug-likeness (QED) is 0.328. The number of carbonyl (C=O) groups excluding carboxylic acids is 1. The zero-order chi connectivity index (χ0) is 25.8. The van der Waals surface area contributed by atoms with Gasteiger partial charge < -0.3 is 14.8 Å². The number of methoxy groups -OCH3 is 1. The van der Waals surface area contributed by atoms with Gasteiger partial charge in [-0.05, 0) is 60.9 Å². The minimum Gasteiger partial charge on any atom is -0.497 e. The van der Waals surface area contributed by atoms with Crippen molar-refractivity contribution in [1.82, 2.24) is 0 Å². The number of carbonyl (C=O) groups is 1. The van der Waals surface area contributed by atoms with Crippen molar-refractivity contribution < 1.29 is 27.4 Å². The first-order valence-corrected chi connectivity index (χ1v) is 11.9. The minimum atomic E-state index is -4.76. The van der Waals surface area contributed by atoms with Crippen LogP contribution in [0.1, 0.15) is 52.5 Å². The lowest BCUT2D eigenvalue weighted by atomic mass is 9.64. The molecule has 1 N–H and O–H groups in total. The Balaban J connectivity index is 1.87. The zero-order valence-corrected chi connectivity index (χ0v) is 20.9. The van der Waals surface area contributed by atoms with Crippen molar-refractivity contribution in [1.29, 1.82) is 0 Å². The van der Waals surface area contributed by atoms with E-state index in [1.807, 2.05) is 30.3 Å². The highest BCUT2D eigenvalue weighted by molar-refractivity contribution is 5.89. The maximum absolute atomic E-state index is 13.9. The topological polar surface area (TPSA) is 47.6 Å². The number of allylic oxidation sites excluding steroid dienone is 1. The number of rotatable bonds is 7. The molecule has 0 saturated heterocycles. The summed E-state index contributed by atoms with van der Waals surface area (Å²) in [6.07, 6.45) is -2.80. The predicted octanol–water partition coefficient (Wildman–Crippen LogP) is 7.27. The van der Waals surface area contributed by atoms with E-state index in [1.54, 1.807) is 12.1 Å². The molecule has 0 bridgehead atoms. The van der Waals surface area contributed by atoms with E-state index in [0.29, 0.717) is 18.1 Å². The summed E-state index contributed by atoms with van der Waals surface area (Å²) in [4.78, 5) is 13.1. The smallest absolute Gasteiger partial charge is 0.431 e. The van der Waals surface area contributed by atoms with E-state index >= 15 is 0 Å². The standard InChI is InChI=1S/C28H34F3NO3/c1-18-11-16-23(27(3,4)20-9-7-6-8-10-20)24(17-18)35-26(33)19(2)25(28(29,30)31)32-21-12-14-22(34-5)15-13-21/h6-10,12-15,18,23-24,32H,11,16-17H2,1-5H3/b25-19-/t18-,23-,24?/m1/s1. The van der Waals surface area contributed by atoms with Crippen molar-refractivity contribution in [2.75, 3.05) is 12.4 Å². The molecule has 0 amide bonds. The third-order valence-electron chi connectivity index (χ3n) is 7.08. The number of halogens is 3. The number of nitrogens with one attached hydrogen (secondary N) is 1. The molecule has 0 aliphatic heterocycles. The Hall–Kier alpha value is -2.96. The highest BCUT2D eigenvalue weighted by Gasteiger charge is 2.43. The molecule has 7 heteroatoms. The first kappa shape index (κ1) is 26.6. The Morgan fingerprint density at radius 3 is 2.20 bits per heavy atom. The maximum Gasteiger partial charge on any atom is 0.431 e. The molecule has 1 aliphatic carbocycles. The second-order valence-corrected chi connectivity index (χ2v) is 9.91. The maximum atomic E-state index is 13.9. The van der Waals surface area contributed by atoms with Crippen LogP contribution in [0.4, 0.5) is 18.9 Å². The summed E-state index contributed by atoms with van der Waals surface area (Å²) in [7, 11) is 1.47. The monoisotopic (exact) mass is 489 g/mol. The average molecular weight is 490 g/mol. The molecular formula is C28H34F3NO3. The van der Waals surface area contributed by atoms with Gasteiger partial charge >= 0.3 is 12.1 Å². The van der Waals surface area contributed by atoms with Gasteiger partial charge in [0, 0.05) is 11.6 Å². The SMILES string of the molecule is COc1ccc(N/C(=C(/C)C(=O)OC2C[C@H](C)CC[C@H]2C(C)(C)c2ccccc2)C(F)(F)F)cc1. The number of ether oxygens (including phenoxy) is 2. The van der Waals surface area contributed by atoms with E-state index in [2.05, 4.69) is 26.1 Å². The molecule has 0 heterocycles. The zero-order valence-electron chi connectivity index (χ0n) is 20.9. The van der Waals surface area contributed by atoms with Gasteiger partial charge in [0.15, 0.2) is 0 Å². The number of esters is 1. The van der Waals surface area contributed by atoms with Crippen LogP contribution in [0.25, 0.3) is 0 Å². The molecule has 3 atom stereocenters. The van der Waals surface area contributed by atoms with Crippen LogP contribution in [-0.4, -0.2) is 25.4 Å². The largest absolute Gasteiger partial charge is 0.497 e. The van der Waals surface area contributed by atoms with Gasteiger partial charge in [0.05, 0.1) is 12.7 Å². The fourth-order valence-corrected chi connectivity index (χ4v) is 4.89. The van der Waals surface area contributed by atoms with Crippen LogP contribution in [0, 0.1) is 11.8 Å². The van der Waals surface area contributed by atoms with Crippen molar-refractivity contribution in [3.63, 3.8) is 0 Å². The van der Waals surface area contributed by atoms with E-state index in [-0.39, 0.29) is 17.0 Å². The molecule has 1 unspecified atom stereocenters. The van der Waals surface area contributed by atoms with Gasteiger partial charge in [0.2, 0.25) is 0 Å². The highest BCUT2D eigenvalue weighted by Crippen LogP contribution is 2.44. The Morgan fingerprint density at radius 1 is 1.00 bits per heavy atom. The van der Waals surface area contributed by atoms with Crippen LogP contribution >= 0.6 is 0 Å². The molecule has 3 rings (SSSR count). The van der Waals surface area contributed by atoms with Crippen molar-refractivity contribution >= 4 is 11.7 Å². The highest BCUT2D eigenvalue weighted by atomic mass is 19.4. The third-order valence-corrected chi connectivity index (χ3v) is 7.08. The normalized spacial score (nSPS) is 21.7. The van der Waals surface area contributed by atoms with Crippen molar-refractivity contribution in [2.24, 2.45) is 11.8 Å². The molecule has 0 spiro atoms. The molecule has 0 aromatic heterocycles. The Bertz CT molecular complexity index is 1030. The van der Waals surface area contributed by atoms with Crippen molar-refractivity contribution in [3.8, 4) is 5.75 Å². The molecule has 35 heavy (non-hydrogen) atoms. The van der Waals surface area contributed by atoms with Crippen LogP contribution in [0.5, 0.6) is 5.75 Å². The molecule has 0 radical (unpaired) electrons. The summed E-state index contributed by atoms with van der Waals surface area (Å²) in [5.41, 5.74) is -0.624. The lowest BCUT2D eigenvalue weighted by Crippen LogP contribution is -2.43. The minimum absolute atomic E-state index is 0.0123. The molecule has 190 valence electrons. The number of alkyl halides is 3. The number of hydrogen-bond acceptors (Lipinski definition) is 4. The summed E-state index contributed by atoms with van der Waals surface area (Å²) in [6.45, 7) is 7.46. The molecule has 2 aromatic carbocycles. The van der Waals surface area contributed by atoms with Crippen molar-refractivity contribution in [3.05, 3.63) is 71.4 Å². The van der Waals surface area contributed by atoms with E-state index in [1.165, 1.54) is 19.2 Å². The summed E-state index contributed by atoms with van der Waals surface area (Å²) < 4.78 is 52.7. The molecule has 1 saturated carbocycles. The summed E-state index contributed by atoms with van der Waals surface area (Å²) >= 11 is 0. The third kappa shape index (κ3) is 6.38. The summed E-state index contributed by atoms with van der Waals surface area (Å²) in [5.74, 6) is -0.129.